The van der Waals surface area contributed by atoms with Crippen LogP contribution in [-0.4, -0.2) is 71.9 Å². The van der Waals surface area contributed by atoms with Crippen LogP contribution < -0.4 is 0 Å². The summed E-state index contributed by atoms with van der Waals surface area (Å²) in [5.74, 6) is -7.56. The number of esters is 1. The summed E-state index contributed by atoms with van der Waals surface area (Å²) >= 11 is 0. The lowest BCUT2D eigenvalue weighted by Gasteiger charge is -2.33. The van der Waals surface area contributed by atoms with Gasteiger partial charge >= 0.3 is 17.8 Å². The molecule has 2 amide bonds. The van der Waals surface area contributed by atoms with Crippen molar-refractivity contribution in [2.45, 2.75) is 57.0 Å². The van der Waals surface area contributed by atoms with Gasteiger partial charge in [-0.25, -0.2) is 4.79 Å². The highest BCUT2D eigenvalue weighted by Crippen LogP contribution is 2.56. The van der Waals surface area contributed by atoms with Gasteiger partial charge in [-0.05, 0) is 86.0 Å². The number of likely N-dealkylation sites (tertiary alicyclic amines) is 1. The molecule has 2 unspecified atom stereocenters. The van der Waals surface area contributed by atoms with Crippen molar-refractivity contribution in [1.82, 2.24) is 14.9 Å². The number of rotatable bonds is 10. The third-order valence-electron chi connectivity index (χ3n) is 8.68. The topological polar surface area (TPSA) is 70.2 Å². The standard InChI is InChI=1S/C31H36F3N3O4/c1-41-29(39)23-9-10-24-19-36(20-25(24)16-23)28(38)8-5-13-35-14-11-21(12-15-35)18-37(34)30(40)31(32,33)27-17-26(27)22-6-3-2-4-7-22/h2-4,6-7,9-10,16,21,26-27H,5,8,11-15,17-20H2,1H3. The van der Waals surface area contributed by atoms with Gasteiger partial charge in [-0.1, -0.05) is 40.9 Å². The molecule has 0 spiro atoms. The zero-order chi connectivity index (χ0) is 29.1. The minimum absolute atomic E-state index is 0.0494. The highest BCUT2D eigenvalue weighted by molar-refractivity contribution is 5.89. The molecule has 0 aromatic heterocycles. The van der Waals surface area contributed by atoms with Crippen molar-refractivity contribution < 1.29 is 32.4 Å². The summed E-state index contributed by atoms with van der Waals surface area (Å²) in [5, 5.41) is -0.262. The fourth-order valence-corrected chi connectivity index (χ4v) is 6.11. The molecule has 1 aliphatic carbocycles. The minimum Gasteiger partial charge on any atom is -0.465 e. The van der Waals surface area contributed by atoms with E-state index in [1.807, 2.05) is 6.07 Å². The number of benzene rings is 2. The summed E-state index contributed by atoms with van der Waals surface area (Å²) in [6, 6.07) is 14.2. The number of methoxy groups -OCH3 is 1. The number of halogens is 3. The number of ether oxygens (including phenoxy) is 1. The first-order chi connectivity index (χ1) is 19.7. The first kappa shape index (κ1) is 29.1. The Labute approximate surface area is 238 Å². The van der Waals surface area contributed by atoms with Crippen LogP contribution in [0.4, 0.5) is 13.3 Å². The van der Waals surface area contributed by atoms with Gasteiger partial charge in [0.15, 0.2) is 0 Å². The van der Waals surface area contributed by atoms with Crippen LogP contribution >= 0.6 is 0 Å². The second kappa shape index (κ2) is 12.2. The summed E-state index contributed by atoms with van der Waals surface area (Å²) < 4.78 is 49.0. The lowest BCUT2D eigenvalue weighted by Crippen LogP contribution is -2.45. The van der Waals surface area contributed by atoms with Crippen molar-refractivity contribution in [2.24, 2.45) is 11.8 Å². The lowest BCUT2D eigenvalue weighted by molar-refractivity contribution is -0.178. The number of piperidine rings is 1. The Bertz CT molecular complexity index is 1270. The number of alkyl halides is 2. The second-order valence-electron chi connectivity index (χ2n) is 11.4. The minimum atomic E-state index is -3.72. The summed E-state index contributed by atoms with van der Waals surface area (Å²) in [7, 11) is 1.34. The molecule has 2 aromatic rings. The van der Waals surface area contributed by atoms with Crippen LogP contribution in [0, 0.1) is 11.8 Å². The molecule has 2 heterocycles. The van der Waals surface area contributed by atoms with Gasteiger partial charge in [0.1, 0.15) is 0 Å². The number of nitrogens with zero attached hydrogens (tertiary/aromatic N) is 3. The van der Waals surface area contributed by atoms with E-state index in [1.165, 1.54) is 7.11 Å². The molecule has 2 atom stereocenters. The number of carbonyl (C=O) groups is 3. The highest BCUT2D eigenvalue weighted by atomic mass is 19.3. The Morgan fingerprint density at radius 3 is 2.44 bits per heavy atom. The fourth-order valence-electron chi connectivity index (χ4n) is 6.11. The maximum atomic E-state index is 14.8. The molecule has 2 aromatic carbocycles. The smallest absolute Gasteiger partial charge is 0.337 e. The normalized spacial score (nSPS) is 20.9. The van der Waals surface area contributed by atoms with Crippen LogP contribution in [0.25, 0.3) is 0 Å². The van der Waals surface area contributed by atoms with E-state index in [0.29, 0.717) is 64.0 Å². The number of fused-ring (bicyclic) bond motifs is 1. The van der Waals surface area contributed by atoms with Crippen molar-refractivity contribution in [3.63, 3.8) is 0 Å². The monoisotopic (exact) mass is 571 g/mol. The van der Waals surface area contributed by atoms with E-state index in [2.05, 4.69) is 4.90 Å². The lowest BCUT2D eigenvalue weighted by atomic mass is 9.96. The quantitative estimate of drug-likeness (QED) is 0.298. The van der Waals surface area contributed by atoms with E-state index in [-0.39, 0.29) is 29.9 Å². The van der Waals surface area contributed by atoms with Crippen LogP contribution in [-0.2, 0) is 27.4 Å². The number of hydrogen-bond acceptors (Lipinski definition) is 5. The van der Waals surface area contributed by atoms with Gasteiger partial charge in [0.25, 0.3) is 0 Å². The van der Waals surface area contributed by atoms with Gasteiger partial charge in [0, 0.05) is 25.4 Å². The summed E-state index contributed by atoms with van der Waals surface area (Å²) in [6.07, 6.45) is 2.46. The van der Waals surface area contributed by atoms with Crippen LogP contribution in [0.1, 0.15) is 65.1 Å². The van der Waals surface area contributed by atoms with E-state index >= 15 is 0 Å². The summed E-state index contributed by atoms with van der Waals surface area (Å²) in [4.78, 5) is 40.9. The Balaban J connectivity index is 1.00. The fraction of sp³-hybridized carbons (Fsp3) is 0.516. The molecule has 2 fully saturated rings. The Morgan fingerprint density at radius 1 is 1.02 bits per heavy atom. The zero-order valence-electron chi connectivity index (χ0n) is 23.2. The van der Waals surface area contributed by atoms with Crippen LogP contribution in [0.2, 0.25) is 0 Å². The maximum Gasteiger partial charge on any atom is 0.337 e. The average Bonchev–Trinajstić information content (AvgIpc) is 3.70. The number of hydrogen-bond donors (Lipinski definition) is 0. The molecule has 0 radical (unpaired) electrons. The number of amides is 2. The van der Waals surface area contributed by atoms with Crippen LogP contribution in [0.3, 0.4) is 0 Å². The van der Waals surface area contributed by atoms with Gasteiger partial charge in [-0.3, -0.25) is 9.59 Å². The largest absolute Gasteiger partial charge is 0.465 e. The average molecular weight is 572 g/mol. The molecule has 41 heavy (non-hydrogen) atoms. The van der Waals surface area contributed by atoms with Crippen molar-refractivity contribution >= 4 is 17.8 Å². The third kappa shape index (κ3) is 6.58. The maximum absolute atomic E-state index is 14.8. The number of carbonyl (C=O) groups excluding carboxylic acids is 3. The van der Waals surface area contributed by atoms with Gasteiger partial charge in [-0.15, -0.1) is 0 Å². The molecule has 10 heteroatoms. The van der Waals surface area contributed by atoms with Crippen molar-refractivity contribution in [1.29, 1.82) is 0 Å². The zero-order valence-corrected chi connectivity index (χ0v) is 23.2. The summed E-state index contributed by atoms with van der Waals surface area (Å²) in [6.45, 7) is 2.71. The molecule has 0 N–H and O–H groups in total. The van der Waals surface area contributed by atoms with Crippen LogP contribution in [0.5, 0.6) is 0 Å². The van der Waals surface area contributed by atoms with Gasteiger partial charge in [0.2, 0.25) is 5.91 Å². The molecule has 220 valence electrons. The highest BCUT2D eigenvalue weighted by Gasteiger charge is 2.61. The SMILES string of the molecule is COC(=O)c1ccc2c(c1)CN(C(=O)CCCN1CCC(CN(F)C(=O)C(F)(F)C3CC3c3ccccc3)CC1)C2. The third-order valence-corrected chi connectivity index (χ3v) is 8.68. The Hall–Kier alpha value is -3.40. The molecule has 7 nitrogen and oxygen atoms in total. The molecule has 3 aliphatic rings. The van der Waals surface area contributed by atoms with Gasteiger partial charge in [0.05, 0.1) is 19.2 Å². The van der Waals surface area contributed by atoms with Crippen molar-refractivity contribution in [3.05, 3.63) is 70.8 Å². The van der Waals surface area contributed by atoms with Gasteiger partial charge in [-0.2, -0.15) is 13.9 Å². The van der Waals surface area contributed by atoms with E-state index < -0.39 is 29.6 Å². The molecular formula is C31H36F3N3O4. The second-order valence-corrected chi connectivity index (χ2v) is 11.4. The van der Waals surface area contributed by atoms with E-state index in [1.54, 1.807) is 47.4 Å². The first-order valence-electron chi connectivity index (χ1n) is 14.3. The Kier molecular flexibility index (Phi) is 8.68. The van der Waals surface area contributed by atoms with Crippen LogP contribution in [0.15, 0.2) is 48.5 Å². The van der Waals surface area contributed by atoms with Gasteiger partial charge < -0.3 is 14.5 Å². The Morgan fingerprint density at radius 2 is 1.73 bits per heavy atom. The van der Waals surface area contributed by atoms with Crippen molar-refractivity contribution in [3.8, 4) is 0 Å². The van der Waals surface area contributed by atoms with E-state index in [9.17, 15) is 27.6 Å². The van der Waals surface area contributed by atoms with Crippen molar-refractivity contribution in [2.75, 3.05) is 33.3 Å². The molecule has 1 saturated heterocycles. The molecule has 1 saturated carbocycles. The predicted octanol–water partition coefficient (Wildman–Crippen LogP) is 4.96. The first-order valence-corrected chi connectivity index (χ1v) is 14.3. The molecule has 5 rings (SSSR count). The predicted molar refractivity (Wildman–Crippen MR) is 145 cm³/mol. The van der Waals surface area contributed by atoms with E-state index in [0.717, 1.165) is 16.7 Å². The molecule has 0 bridgehead atoms. The molecular weight excluding hydrogens is 535 g/mol. The summed E-state index contributed by atoms with van der Waals surface area (Å²) in [5.41, 5.74) is 3.20. The van der Waals surface area contributed by atoms with E-state index in [4.69, 9.17) is 4.74 Å². The molecule has 2 aliphatic heterocycles.